The molecule has 0 saturated carbocycles. The number of benzene rings is 3. The SMILES string of the molecule is CCc1ncc(-c2ccc3nc(-c4ccc5c(c4)c4cncnc4c4[nH]c(C(C)C)nc54)ccc3c2)[nH]1.CN. The van der Waals surface area contributed by atoms with Crippen molar-refractivity contribution in [3.05, 3.63) is 78.9 Å². The number of aryl methyl sites for hydroxylation is 1. The lowest BCUT2D eigenvalue weighted by Gasteiger charge is -2.09. The predicted molar refractivity (Wildman–Crippen MR) is 159 cm³/mol. The minimum Gasteiger partial charge on any atom is -0.342 e. The highest BCUT2D eigenvalue weighted by molar-refractivity contribution is 6.22. The number of aromatic nitrogens is 7. The minimum absolute atomic E-state index is 0.294. The van der Waals surface area contributed by atoms with Crippen molar-refractivity contribution in [2.75, 3.05) is 7.05 Å². The van der Waals surface area contributed by atoms with Crippen LogP contribution in [0.5, 0.6) is 0 Å². The molecule has 194 valence electrons. The number of nitrogens with one attached hydrogen (secondary N) is 2. The van der Waals surface area contributed by atoms with Crippen LogP contribution in [0.15, 0.2) is 67.3 Å². The van der Waals surface area contributed by atoms with Crippen LogP contribution in [0.2, 0.25) is 0 Å². The first-order valence-corrected chi connectivity index (χ1v) is 13.2. The summed E-state index contributed by atoms with van der Waals surface area (Å²) in [5.74, 6) is 2.25. The van der Waals surface area contributed by atoms with Crippen molar-refractivity contribution in [1.82, 2.24) is 34.9 Å². The molecule has 0 saturated heterocycles. The molecule has 4 aromatic heterocycles. The molecule has 0 bridgehead atoms. The molecule has 0 spiro atoms. The molecule has 0 aliphatic heterocycles. The molecule has 0 aliphatic carbocycles. The third-order valence-corrected chi connectivity index (χ3v) is 7.04. The lowest BCUT2D eigenvalue weighted by Crippen LogP contribution is -1.90. The molecule has 8 heteroatoms. The van der Waals surface area contributed by atoms with Crippen molar-refractivity contribution in [1.29, 1.82) is 0 Å². The van der Waals surface area contributed by atoms with Crippen molar-refractivity contribution >= 4 is 43.6 Å². The van der Waals surface area contributed by atoms with Gasteiger partial charge in [0.05, 0.1) is 39.7 Å². The molecule has 39 heavy (non-hydrogen) atoms. The number of pyridine rings is 1. The number of rotatable bonds is 4. The molecule has 0 unspecified atom stereocenters. The Kier molecular flexibility index (Phi) is 6.24. The zero-order chi connectivity index (χ0) is 27.1. The van der Waals surface area contributed by atoms with Crippen molar-refractivity contribution in [2.45, 2.75) is 33.1 Å². The quantitative estimate of drug-likeness (QED) is 0.230. The second-order valence-electron chi connectivity index (χ2n) is 9.75. The van der Waals surface area contributed by atoms with Gasteiger partial charge in [-0.1, -0.05) is 45.0 Å². The Bertz CT molecular complexity index is 1970. The predicted octanol–water partition coefficient (Wildman–Crippen LogP) is 6.53. The Hall–Kier alpha value is -4.69. The van der Waals surface area contributed by atoms with E-state index in [1.165, 1.54) is 7.05 Å². The summed E-state index contributed by atoms with van der Waals surface area (Å²) >= 11 is 0. The van der Waals surface area contributed by atoms with E-state index in [9.17, 15) is 0 Å². The van der Waals surface area contributed by atoms with Gasteiger partial charge in [-0.2, -0.15) is 0 Å². The standard InChI is InChI=1S/C30H25N7.CH5N/c1-4-26-32-14-25(35-26)18-7-10-23-17(11-18)6-9-24(34-23)19-5-8-20-21(12-19)22-13-31-15-33-27(22)29-28(20)36-30(37-29)16(2)3;1-2/h5-16H,4H2,1-3H3,(H,32,35)(H,36,37);2H2,1H3. The number of nitrogens with two attached hydrogens (primary N) is 1. The monoisotopic (exact) mass is 514 g/mol. The Morgan fingerprint density at radius 1 is 0.795 bits per heavy atom. The van der Waals surface area contributed by atoms with Crippen molar-refractivity contribution in [3.63, 3.8) is 0 Å². The van der Waals surface area contributed by atoms with E-state index >= 15 is 0 Å². The van der Waals surface area contributed by atoms with Crippen molar-refractivity contribution < 1.29 is 0 Å². The van der Waals surface area contributed by atoms with E-state index in [1.54, 1.807) is 6.33 Å². The van der Waals surface area contributed by atoms with E-state index in [-0.39, 0.29) is 0 Å². The van der Waals surface area contributed by atoms with Crippen LogP contribution in [-0.4, -0.2) is 41.9 Å². The molecule has 8 nitrogen and oxygen atoms in total. The maximum absolute atomic E-state index is 5.00. The van der Waals surface area contributed by atoms with Gasteiger partial charge in [-0.15, -0.1) is 0 Å². The summed E-state index contributed by atoms with van der Waals surface area (Å²) in [6, 6.07) is 17.0. The second-order valence-corrected chi connectivity index (χ2v) is 9.75. The summed E-state index contributed by atoms with van der Waals surface area (Å²) in [7, 11) is 1.50. The van der Waals surface area contributed by atoms with Gasteiger partial charge in [-0.05, 0) is 36.7 Å². The average Bonchev–Trinajstić information content (AvgIpc) is 3.66. The number of fused-ring (bicyclic) bond motifs is 7. The van der Waals surface area contributed by atoms with Gasteiger partial charge in [0.25, 0.3) is 0 Å². The van der Waals surface area contributed by atoms with Crippen molar-refractivity contribution in [2.24, 2.45) is 5.73 Å². The molecule has 0 amide bonds. The van der Waals surface area contributed by atoms with Crippen LogP contribution < -0.4 is 5.73 Å². The van der Waals surface area contributed by atoms with Gasteiger partial charge in [0.2, 0.25) is 0 Å². The normalized spacial score (nSPS) is 11.5. The van der Waals surface area contributed by atoms with Gasteiger partial charge in [-0.25, -0.2) is 24.9 Å². The summed E-state index contributed by atoms with van der Waals surface area (Å²) in [5.41, 5.74) is 12.3. The van der Waals surface area contributed by atoms with Crippen LogP contribution in [-0.2, 0) is 6.42 Å². The highest BCUT2D eigenvalue weighted by Crippen LogP contribution is 2.36. The van der Waals surface area contributed by atoms with Crippen LogP contribution >= 0.6 is 0 Å². The zero-order valence-corrected chi connectivity index (χ0v) is 22.4. The van der Waals surface area contributed by atoms with E-state index in [0.717, 1.165) is 84.2 Å². The largest absolute Gasteiger partial charge is 0.342 e. The summed E-state index contributed by atoms with van der Waals surface area (Å²) < 4.78 is 0. The zero-order valence-electron chi connectivity index (χ0n) is 22.4. The van der Waals surface area contributed by atoms with Crippen molar-refractivity contribution in [3.8, 4) is 22.5 Å². The van der Waals surface area contributed by atoms with Gasteiger partial charge in [0.15, 0.2) is 0 Å². The maximum atomic E-state index is 5.00. The van der Waals surface area contributed by atoms with Crippen LogP contribution in [0.25, 0.3) is 66.1 Å². The maximum Gasteiger partial charge on any atom is 0.116 e. The number of hydrogen-bond donors (Lipinski definition) is 3. The van der Waals surface area contributed by atoms with Crippen LogP contribution in [0.3, 0.4) is 0 Å². The van der Waals surface area contributed by atoms with Gasteiger partial charge in [-0.3, -0.25) is 0 Å². The van der Waals surface area contributed by atoms with E-state index in [4.69, 9.17) is 9.97 Å². The topological polar surface area (TPSA) is 122 Å². The van der Waals surface area contributed by atoms with E-state index in [1.807, 2.05) is 12.4 Å². The molecule has 0 fully saturated rings. The van der Waals surface area contributed by atoms with E-state index in [0.29, 0.717) is 5.92 Å². The third kappa shape index (κ3) is 4.19. The Morgan fingerprint density at radius 2 is 1.64 bits per heavy atom. The minimum atomic E-state index is 0.294. The van der Waals surface area contributed by atoms with Gasteiger partial charge < -0.3 is 15.7 Å². The summed E-state index contributed by atoms with van der Waals surface area (Å²) in [5, 5.41) is 4.25. The number of hydrogen-bond acceptors (Lipinski definition) is 6. The molecule has 0 atom stereocenters. The second kappa shape index (κ2) is 9.89. The van der Waals surface area contributed by atoms with Crippen LogP contribution in [0.1, 0.15) is 38.3 Å². The molecule has 4 N–H and O–H groups in total. The average molecular weight is 515 g/mol. The van der Waals surface area contributed by atoms with Crippen LogP contribution in [0.4, 0.5) is 0 Å². The number of nitrogens with zero attached hydrogens (tertiary/aromatic N) is 5. The molecule has 3 aromatic carbocycles. The van der Waals surface area contributed by atoms with Gasteiger partial charge in [0.1, 0.15) is 18.0 Å². The first-order chi connectivity index (χ1) is 19.1. The van der Waals surface area contributed by atoms with Crippen LogP contribution in [0, 0.1) is 0 Å². The fraction of sp³-hybridized carbons (Fsp3) is 0.194. The number of imidazole rings is 2. The highest BCUT2D eigenvalue weighted by atomic mass is 14.9. The molecule has 4 heterocycles. The lowest BCUT2D eigenvalue weighted by atomic mass is 9.99. The summed E-state index contributed by atoms with van der Waals surface area (Å²) in [4.78, 5) is 30.2. The van der Waals surface area contributed by atoms with Gasteiger partial charge in [0, 0.05) is 45.8 Å². The molecular weight excluding hydrogens is 484 g/mol. The fourth-order valence-electron chi connectivity index (χ4n) is 5.03. The summed E-state index contributed by atoms with van der Waals surface area (Å²) in [6.45, 7) is 6.37. The Labute approximate surface area is 225 Å². The van der Waals surface area contributed by atoms with E-state index < -0.39 is 0 Å². The van der Waals surface area contributed by atoms with E-state index in [2.05, 4.69) is 100.0 Å². The smallest absolute Gasteiger partial charge is 0.116 e. The molecule has 7 rings (SSSR count). The fourth-order valence-corrected chi connectivity index (χ4v) is 5.03. The molecule has 0 radical (unpaired) electrons. The molecule has 0 aliphatic rings. The van der Waals surface area contributed by atoms with Gasteiger partial charge >= 0.3 is 0 Å². The summed E-state index contributed by atoms with van der Waals surface area (Å²) in [6.07, 6.45) is 6.26. The molecular formula is C31H30N8. The number of H-pyrrole nitrogens is 2. The third-order valence-electron chi connectivity index (χ3n) is 7.04. The number of aromatic amines is 2. The molecule has 7 aromatic rings. The Morgan fingerprint density at radius 3 is 2.44 bits per heavy atom. The highest BCUT2D eigenvalue weighted by Gasteiger charge is 2.16. The lowest BCUT2D eigenvalue weighted by molar-refractivity contribution is 0.799. The first kappa shape index (κ1) is 24.6. The Balaban J connectivity index is 0.00000135. The first-order valence-electron chi connectivity index (χ1n) is 13.2.